The summed E-state index contributed by atoms with van der Waals surface area (Å²) in [6.45, 7) is 3.19. The number of ether oxygens (including phenoxy) is 1. The number of nitrogens with one attached hydrogen (secondary N) is 2. The minimum absolute atomic E-state index is 0.0327. The number of methoxy groups -OCH3 is 1. The van der Waals surface area contributed by atoms with E-state index < -0.39 is 6.10 Å². The third kappa shape index (κ3) is 4.44. The fourth-order valence-corrected chi connectivity index (χ4v) is 2.68. The van der Waals surface area contributed by atoms with Gasteiger partial charge < -0.3 is 20.5 Å². The number of hydrogen-bond donors (Lipinski definition) is 3. The van der Waals surface area contributed by atoms with Crippen molar-refractivity contribution in [3.63, 3.8) is 0 Å². The van der Waals surface area contributed by atoms with Crippen LogP contribution < -0.4 is 15.4 Å². The van der Waals surface area contributed by atoms with Crippen molar-refractivity contribution in [1.29, 1.82) is 0 Å². The maximum atomic E-state index is 12.1. The largest absolute Gasteiger partial charge is 0.497 e. The van der Waals surface area contributed by atoms with Crippen LogP contribution in [0, 0.1) is 5.92 Å². The van der Waals surface area contributed by atoms with Crippen molar-refractivity contribution in [2.45, 2.75) is 31.9 Å². The Kier molecular flexibility index (Phi) is 5.59. The van der Waals surface area contributed by atoms with Crippen molar-refractivity contribution in [2.75, 3.05) is 20.2 Å². The third-order valence-corrected chi connectivity index (χ3v) is 3.94. The van der Waals surface area contributed by atoms with E-state index in [4.69, 9.17) is 4.74 Å². The Morgan fingerprint density at radius 1 is 1.57 bits per heavy atom. The van der Waals surface area contributed by atoms with Gasteiger partial charge >= 0.3 is 0 Å². The third-order valence-electron chi connectivity index (χ3n) is 3.94. The Labute approximate surface area is 125 Å². The summed E-state index contributed by atoms with van der Waals surface area (Å²) < 4.78 is 5.13. The highest BCUT2D eigenvalue weighted by Gasteiger charge is 2.24. The molecule has 1 saturated heterocycles. The molecule has 2 rings (SSSR count). The van der Waals surface area contributed by atoms with E-state index >= 15 is 0 Å². The second-order valence-electron chi connectivity index (χ2n) is 5.61. The van der Waals surface area contributed by atoms with Gasteiger partial charge in [0.15, 0.2) is 0 Å². The second kappa shape index (κ2) is 7.43. The van der Waals surface area contributed by atoms with Crippen LogP contribution in [-0.4, -0.2) is 37.3 Å². The van der Waals surface area contributed by atoms with Crippen LogP contribution >= 0.6 is 0 Å². The van der Waals surface area contributed by atoms with Gasteiger partial charge in [0.25, 0.3) is 0 Å². The first-order valence-electron chi connectivity index (χ1n) is 7.43. The van der Waals surface area contributed by atoms with E-state index in [1.165, 1.54) is 0 Å². The monoisotopic (exact) mass is 292 g/mol. The molecule has 5 nitrogen and oxygen atoms in total. The number of rotatable bonds is 5. The fraction of sp³-hybridized carbons (Fsp3) is 0.562. The van der Waals surface area contributed by atoms with E-state index in [0.717, 1.165) is 24.9 Å². The second-order valence-corrected chi connectivity index (χ2v) is 5.61. The predicted molar refractivity (Wildman–Crippen MR) is 81.2 cm³/mol. The summed E-state index contributed by atoms with van der Waals surface area (Å²) in [6, 6.07) is 7.63. The molecule has 116 valence electrons. The molecule has 0 bridgehead atoms. The lowest BCUT2D eigenvalue weighted by Gasteiger charge is -2.27. The highest BCUT2D eigenvalue weighted by Crippen LogP contribution is 2.19. The predicted octanol–water partition coefficient (Wildman–Crippen LogP) is 1.23. The quantitative estimate of drug-likeness (QED) is 0.763. The van der Waals surface area contributed by atoms with Crippen LogP contribution in [0.15, 0.2) is 24.3 Å². The molecule has 1 aromatic rings. The first-order valence-corrected chi connectivity index (χ1v) is 7.43. The first-order chi connectivity index (χ1) is 10.1. The van der Waals surface area contributed by atoms with Gasteiger partial charge in [-0.15, -0.1) is 0 Å². The van der Waals surface area contributed by atoms with Crippen molar-refractivity contribution in [1.82, 2.24) is 10.6 Å². The standard InChI is InChI=1S/C16H24N2O3/c1-11-8-13(6-7-17-11)16(20)18-10-15(19)12-4-3-5-14(9-12)21-2/h3-5,9,11,13,15,17,19H,6-8,10H2,1-2H3,(H,18,20)/t11-,13-,15?/m0/s1. The summed E-state index contributed by atoms with van der Waals surface area (Å²) in [5.74, 6) is 0.772. The van der Waals surface area contributed by atoms with Gasteiger partial charge in [-0.05, 0) is 44.0 Å². The van der Waals surface area contributed by atoms with E-state index in [9.17, 15) is 9.90 Å². The zero-order valence-corrected chi connectivity index (χ0v) is 12.6. The van der Waals surface area contributed by atoms with E-state index in [0.29, 0.717) is 11.8 Å². The maximum Gasteiger partial charge on any atom is 0.223 e. The van der Waals surface area contributed by atoms with Crippen molar-refractivity contribution in [2.24, 2.45) is 5.92 Å². The van der Waals surface area contributed by atoms with Gasteiger partial charge in [-0.1, -0.05) is 12.1 Å². The minimum Gasteiger partial charge on any atom is -0.497 e. The van der Waals surface area contributed by atoms with Gasteiger partial charge in [0.05, 0.1) is 13.2 Å². The van der Waals surface area contributed by atoms with Crippen molar-refractivity contribution in [3.8, 4) is 5.75 Å². The SMILES string of the molecule is COc1cccc(C(O)CNC(=O)[C@H]2CCN[C@@H](C)C2)c1. The molecule has 1 fully saturated rings. The minimum atomic E-state index is -0.719. The zero-order chi connectivity index (χ0) is 15.2. The smallest absolute Gasteiger partial charge is 0.223 e. The van der Waals surface area contributed by atoms with Gasteiger partial charge in [0, 0.05) is 18.5 Å². The molecule has 0 aromatic heterocycles. The molecule has 1 aliphatic rings. The van der Waals surface area contributed by atoms with Crippen LogP contribution in [0.5, 0.6) is 5.75 Å². The Balaban J connectivity index is 1.85. The molecule has 1 unspecified atom stereocenters. The molecular formula is C16H24N2O3. The van der Waals surface area contributed by atoms with Crippen molar-refractivity contribution < 1.29 is 14.6 Å². The van der Waals surface area contributed by atoms with Crippen LogP contribution in [-0.2, 0) is 4.79 Å². The molecule has 3 N–H and O–H groups in total. The summed E-state index contributed by atoms with van der Waals surface area (Å²) in [7, 11) is 1.59. The highest BCUT2D eigenvalue weighted by atomic mass is 16.5. The lowest BCUT2D eigenvalue weighted by molar-refractivity contribution is -0.126. The van der Waals surface area contributed by atoms with Gasteiger partial charge in [0.1, 0.15) is 5.75 Å². The molecule has 0 saturated carbocycles. The van der Waals surface area contributed by atoms with E-state index in [2.05, 4.69) is 17.6 Å². The van der Waals surface area contributed by atoms with Gasteiger partial charge in [-0.2, -0.15) is 0 Å². The maximum absolute atomic E-state index is 12.1. The lowest BCUT2D eigenvalue weighted by atomic mass is 9.92. The Bertz CT molecular complexity index is 478. The van der Waals surface area contributed by atoms with Crippen LogP contribution in [0.4, 0.5) is 0 Å². The van der Waals surface area contributed by atoms with Gasteiger partial charge in [-0.3, -0.25) is 4.79 Å². The normalized spacial score (nSPS) is 23.4. The van der Waals surface area contributed by atoms with Crippen LogP contribution in [0.3, 0.4) is 0 Å². The number of aliphatic hydroxyl groups is 1. The number of carbonyl (C=O) groups is 1. The molecule has 21 heavy (non-hydrogen) atoms. The van der Waals surface area contributed by atoms with Crippen LogP contribution in [0.1, 0.15) is 31.4 Å². The lowest BCUT2D eigenvalue weighted by Crippen LogP contribution is -2.43. The van der Waals surface area contributed by atoms with Crippen LogP contribution in [0.2, 0.25) is 0 Å². The number of hydrogen-bond acceptors (Lipinski definition) is 4. The average Bonchev–Trinajstić information content (AvgIpc) is 2.52. The Morgan fingerprint density at radius 2 is 2.38 bits per heavy atom. The first kappa shape index (κ1) is 15.8. The zero-order valence-electron chi connectivity index (χ0n) is 12.6. The van der Waals surface area contributed by atoms with E-state index in [1.807, 2.05) is 18.2 Å². The Hall–Kier alpha value is -1.59. The molecule has 0 spiro atoms. The molecule has 1 aromatic carbocycles. The van der Waals surface area contributed by atoms with Gasteiger partial charge in [-0.25, -0.2) is 0 Å². The fourth-order valence-electron chi connectivity index (χ4n) is 2.68. The molecule has 1 amide bonds. The van der Waals surface area contributed by atoms with Gasteiger partial charge in [0.2, 0.25) is 5.91 Å². The number of aliphatic hydroxyl groups excluding tert-OH is 1. The van der Waals surface area contributed by atoms with Crippen molar-refractivity contribution in [3.05, 3.63) is 29.8 Å². The Morgan fingerprint density at radius 3 is 3.10 bits per heavy atom. The van der Waals surface area contributed by atoms with Crippen LogP contribution in [0.25, 0.3) is 0 Å². The van der Waals surface area contributed by atoms with E-state index in [1.54, 1.807) is 13.2 Å². The number of benzene rings is 1. The van der Waals surface area contributed by atoms with E-state index in [-0.39, 0.29) is 18.4 Å². The van der Waals surface area contributed by atoms with Crippen molar-refractivity contribution >= 4 is 5.91 Å². The molecule has 0 radical (unpaired) electrons. The molecule has 5 heteroatoms. The highest BCUT2D eigenvalue weighted by molar-refractivity contribution is 5.78. The summed E-state index contributed by atoms with van der Waals surface area (Å²) >= 11 is 0. The number of amides is 1. The molecule has 3 atom stereocenters. The molecular weight excluding hydrogens is 268 g/mol. The molecule has 1 aliphatic heterocycles. The molecule has 0 aliphatic carbocycles. The number of piperidine rings is 1. The molecule has 1 heterocycles. The summed E-state index contributed by atoms with van der Waals surface area (Å²) in [5.41, 5.74) is 0.744. The summed E-state index contributed by atoms with van der Waals surface area (Å²) in [4.78, 5) is 12.1. The summed E-state index contributed by atoms with van der Waals surface area (Å²) in [5, 5.41) is 16.3. The topological polar surface area (TPSA) is 70.6 Å². The summed E-state index contributed by atoms with van der Waals surface area (Å²) in [6.07, 6.45) is 0.982. The average molecular weight is 292 g/mol. The number of carbonyl (C=O) groups excluding carboxylic acids is 1.